The first-order chi connectivity index (χ1) is 10.3. The zero-order valence-electron chi connectivity index (χ0n) is 11.0. The molecule has 0 atom stereocenters. The molecule has 3 heteroatoms. The highest BCUT2D eigenvalue weighted by atomic mass is 79.9. The third kappa shape index (κ3) is 2.33. The summed E-state index contributed by atoms with van der Waals surface area (Å²) in [5, 5.41) is 3.55. The van der Waals surface area contributed by atoms with Crippen LogP contribution in [0, 0.1) is 0 Å². The highest BCUT2D eigenvalue weighted by molar-refractivity contribution is 9.11. The number of fused-ring (bicyclic) bond motifs is 2. The Morgan fingerprint density at radius 3 is 2.48 bits per heavy atom. The van der Waals surface area contributed by atoms with Gasteiger partial charge in [0, 0.05) is 10.1 Å². The van der Waals surface area contributed by atoms with E-state index in [-0.39, 0.29) is 0 Å². The van der Waals surface area contributed by atoms with Gasteiger partial charge in [-0.1, -0.05) is 42.5 Å². The van der Waals surface area contributed by atoms with Gasteiger partial charge in [0.15, 0.2) is 5.75 Å². The Labute approximate surface area is 134 Å². The Kier molecular flexibility index (Phi) is 3.17. The molecule has 1 nitrogen and oxygen atoms in total. The third-order valence-electron chi connectivity index (χ3n) is 3.45. The summed E-state index contributed by atoms with van der Waals surface area (Å²) in [6.45, 7) is 0. The molecule has 1 heterocycles. The monoisotopic (exact) mass is 354 g/mol. The molecule has 0 spiro atoms. The summed E-state index contributed by atoms with van der Waals surface area (Å²) < 4.78 is 8.38. The lowest BCUT2D eigenvalue weighted by Gasteiger charge is -2.07. The van der Waals surface area contributed by atoms with Crippen LogP contribution >= 0.6 is 27.3 Å². The summed E-state index contributed by atoms with van der Waals surface area (Å²) in [4.78, 5) is 0. The molecule has 21 heavy (non-hydrogen) atoms. The molecule has 1 aromatic heterocycles. The van der Waals surface area contributed by atoms with Crippen molar-refractivity contribution >= 4 is 48.1 Å². The van der Waals surface area contributed by atoms with Gasteiger partial charge < -0.3 is 4.74 Å². The Balaban J connectivity index is 1.80. The summed E-state index contributed by atoms with van der Waals surface area (Å²) >= 11 is 5.30. The molecule has 0 N–H and O–H groups in total. The number of hydrogen-bond donors (Lipinski definition) is 0. The molecule has 0 aliphatic heterocycles. The second-order valence-electron chi connectivity index (χ2n) is 4.81. The maximum atomic E-state index is 6.13. The predicted octanol–water partition coefficient (Wildman–Crippen LogP) is 6.61. The van der Waals surface area contributed by atoms with E-state index in [4.69, 9.17) is 4.74 Å². The quantitative estimate of drug-likeness (QED) is 0.393. The fraction of sp³-hybridized carbons (Fsp3) is 0. The van der Waals surface area contributed by atoms with Crippen LogP contribution in [0.1, 0.15) is 0 Å². The number of halogens is 1. The van der Waals surface area contributed by atoms with Crippen molar-refractivity contribution in [3.05, 3.63) is 70.5 Å². The lowest BCUT2D eigenvalue weighted by Crippen LogP contribution is -1.83. The smallest absolute Gasteiger partial charge is 0.160 e. The molecule has 0 fully saturated rings. The molecule has 4 rings (SSSR count). The summed E-state index contributed by atoms with van der Waals surface area (Å²) in [6.07, 6.45) is 0. The van der Waals surface area contributed by atoms with Crippen LogP contribution in [0.5, 0.6) is 11.5 Å². The molecule has 0 aliphatic rings. The number of ether oxygens (including phenoxy) is 1. The van der Waals surface area contributed by atoms with E-state index in [0.717, 1.165) is 20.7 Å². The van der Waals surface area contributed by atoms with Gasteiger partial charge in [0.05, 0.1) is 0 Å². The SMILES string of the molecule is Brc1sc2ccccc2c1Oc1ccc2ccccc2c1. The molecule has 0 bridgehead atoms. The lowest BCUT2D eigenvalue weighted by molar-refractivity contribution is 0.488. The van der Waals surface area contributed by atoms with E-state index in [9.17, 15) is 0 Å². The second-order valence-corrected chi connectivity index (χ2v) is 7.18. The number of thiophene rings is 1. The van der Waals surface area contributed by atoms with Gasteiger partial charge in [-0.15, -0.1) is 11.3 Å². The predicted molar refractivity (Wildman–Crippen MR) is 93.5 cm³/mol. The largest absolute Gasteiger partial charge is 0.455 e. The number of rotatable bonds is 2. The fourth-order valence-corrected chi connectivity index (χ4v) is 4.11. The van der Waals surface area contributed by atoms with E-state index in [1.54, 1.807) is 11.3 Å². The van der Waals surface area contributed by atoms with Crippen LogP contribution < -0.4 is 4.74 Å². The van der Waals surface area contributed by atoms with Gasteiger partial charge in [0.25, 0.3) is 0 Å². The lowest BCUT2D eigenvalue weighted by atomic mass is 10.1. The first-order valence-corrected chi connectivity index (χ1v) is 8.26. The zero-order valence-corrected chi connectivity index (χ0v) is 13.4. The highest BCUT2D eigenvalue weighted by Gasteiger charge is 2.12. The maximum Gasteiger partial charge on any atom is 0.160 e. The molecular weight excluding hydrogens is 344 g/mol. The van der Waals surface area contributed by atoms with E-state index in [2.05, 4.69) is 52.3 Å². The normalized spacial score (nSPS) is 11.1. The van der Waals surface area contributed by atoms with Crippen LogP contribution in [0.2, 0.25) is 0 Å². The number of hydrogen-bond acceptors (Lipinski definition) is 2. The summed E-state index contributed by atoms with van der Waals surface area (Å²) in [5.74, 6) is 1.75. The molecule has 102 valence electrons. The van der Waals surface area contributed by atoms with Crippen LogP contribution in [0.25, 0.3) is 20.9 Å². The van der Waals surface area contributed by atoms with E-state index in [1.807, 2.05) is 30.3 Å². The second kappa shape index (κ2) is 5.17. The van der Waals surface area contributed by atoms with Crippen LogP contribution in [0.3, 0.4) is 0 Å². The van der Waals surface area contributed by atoms with Crippen LogP contribution in [-0.4, -0.2) is 0 Å². The molecule has 0 unspecified atom stereocenters. The van der Waals surface area contributed by atoms with Gasteiger partial charge in [-0.25, -0.2) is 0 Å². The Hall–Kier alpha value is -1.84. The molecule has 0 radical (unpaired) electrons. The van der Waals surface area contributed by atoms with Crippen molar-refractivity contribution in [3.63, 3.8) is 0 Å². The molecule has 0 saturated carbocycles. The average Bonchev–Trinajstić information content (AvgIpc) is 2.83. The van der Waals surface area contributed by atoms with Crippen molar-refractivity contribution < 1.29 is 4.74 Å². The minimum atomic E-state index is 0.859. The topological polar surface area (TPSA) is 9.23 Å². The van der Waals surface area contributed by atoms with Crippen molar-refractivity contribution in [2.24, 2.45) is 0 Å². The molecule has 3 aromatic carbocycles. The number of benzene rings is 3. The van der Waals surface area contributed by atoms with Crippen molar-refractivity contribution in [2.45, 2.75) is 0 Å². The van der Waals surface area contributed by atoms with E-state index in [0.29, 0.717) is 0 Å². The van der Waals surface area contributed by atoms with Gasteiger partial charge in [-0.2, -0.15) is 0 Å². The van der Waals surface area contributed by atoms with Crippen molar-refractivity contribution in [2.75, 3.05) is 0 Å². The van der Waals surface area contributed by atoms with E-state index < -0.39 is 0 Å². The first-order valence-electron chi connectivity index (χ1n) is 6.65. The van der Waals surface area contributed by atoms with Crippen LogP contribution in [-0.2, 0) is 0 Å². The minimum Gasteiger partial charge on any atom is -0.455 e. The van der Waals surface area contributed by atoms with Gasteiger partial charge >= 0.3 is 0 Å². The molecule has 0 amide bonds. The zero-order chi connectivity index (χ0) is 14.2. The van der Waals surface area contributed by atoms with E-state index in [1.165, 1.54) is 15.5 Å². The average molecular weight is 355 g/mol. The van der Waals surface area contributed by atoms with Gasteiger partial charge in [-0.05, 0) is 51.0 Å². The minimum absolute atomic E-state index is 0.859. The summed E-state index contributed by atoms with van der Waals surface area (Å²) in [7, 11) is 0. The van der Waals surface area contributed by atoms with Gasteiger partial charge in [-0.3, -0.25) is 0 Å². The first kappa shape index (κ1) is 12.9. The van der Waals surface area contributed by atoms with Gasteiger partial charge in [0.1, 0.15) is 9.54 Å². The molecule has 0 saturated heterocycles. The van der Waals surface area contributed by atoms with Crippen LogP contribution in [0.15, 0.2) is 70.5 Å². The fourth-order valence-electron chi connectivity index (χ4n) is 2.44. The Morgan fingerprint density at radius 2 is 1.57 bits per heavy atom. The van der Waals surface area contributed by atoms with Crippen molar-refractivity contribution in [1.29, 1.82) is 0 Å². The molecular formula is C18H11BrOS. The Bertz CT molecular complexity index is 942. The summed E-state index contributed by atoms with van der Waals surface area (Å²) in [5.41, 5.74) is 0. The third-order valence-corrected chi connectivity index (χ3v) is 5.24. The van der Waals surface area contributed by atoms with E-state index >= 15 is 0 Å². The molecule has 4 aromatic rings. The van der Waals surface area contributed by atoms with Crippen molar-refractivity contribution in [3.8, 4) is 11.5 Å². The van der Waals surface area contributed by atoms with Crippen molar-refractivity contribution in [1.82, 2.24) is 0 Å². The van der Waals surface area contributed by atoms with Gasteiger partial charge in [0.2, 0.25) is 0 Å². The van der Waals surface area contributed by atoms with Crippen LogP contribution in [0.4, 0.5) is 0 Å². The maximum absolute atomic E-state index is 6.13. The molecule has 0 aliphatic carbocycles. The highest BCUT2D eigenvalue weighted by Crippen LogP contribution is 2.43. The Morgan fingerprint density at radius 1 is 0.810 bits per heavy atom. The standard InChI is InChI=1S/C18H11BrOS/c19-18-17(15-7-3-4-8-16(15)21-18)20-14-10-9-12-5-1-2-6-13(12)11-14/h1-11H. The summed E-state index contributed by atoms with van der Waals surface area (Å²) in [6, 6.07) is 22.8.